The SMILES string of the molecule is Cl.NCc1nnc(-c2ccccn2)s1. The highest BCUT2D eigenvalue weighted by Crippen LogP contribution is 2.20. The monoisotopic (exact) mass is 228 g/mol. The van der Waals surface area contributed by atoms with Gasteiger partial charge in [-0.2, -0.15) is 0 Å². The van der Waals surface area contributed by atoms with E-state index < -0.39 is 0 Å². The second-order valence-electron chi connectivity index (χ2n) is 2.42. The van der Waals surface area contributed by atoms with Crippen molar-refractivity contribution in [1.82, 2.24) is 15.2 Å². The number of aromatic nitrogens is 3. The number of rotatable bonds is 2. The van der Waals surface area contributed by atoms with Gasteiger partial charge in [-0.15, -0.1) is 22.6 Å². The molecule has 14 heavy (non-hydrogen) atoms. The third-order valence-corrected chi connectivity index (χ3v) is 2.49. The van der Waals surface area contributed by atoms with Gasteiger partial charge in [0, 0.05) is 12.7 Å². The van der Waals surface area contributed by atoms with Gasteiger partial charge in [0.1, 0.15) is 10.7 Å². The maximum atomic E-state index is 5.43. The Kier molecular flexibility index (Phi) is 3.94. The van der Waals surface area contributed by atoms with Crippen LogP contribution in [0.4, 0.5) is 0 Å². The van der Waals surface area contributed by atoms with Gasteiger partial charge in [0.15, 0.2) is 5.01 Å². The molecule has 0 radical (unpaired) electrons. The van der Waals surface area contributed by atoms with Crippen LogP contribution in [0.3, 0.4) is 0 Å². The lowest BCUT2D eigenvalue weighted by atomic mass is 10.4. The lowest BCUT2D eigenvalue weighted by Gasteiger charge is -1.90. The standard InChI is InChI=1S/C8H8N4S.ClH/c9-5-7-11-12-8(13-7)6-3-1-2-4-10-6;/h1-4H,5,9H2;1H. The van der Waals surface area contributed by atoms with Crippen molar-refractivity contribution in [2.45, 2.75) is 6.54 Å². The Labute approximate surface area is 91.6 Å². The van der Waals surface area contributed by atoms with Gasteiger partial charge in [0.2, 0.25) is 0 Å². The highest BCUT2D eigenvalue weighted by molar-refractivity contribution is 7.14. The van der Waals surface area contributed by atoms with Crippen molar-refractivity contribution in [2.24, 2.45) is 5.73 Å². The number of nitrogens with two attached hydrogens (primary N) is 1. The first-order valence-electron chi connectivity index (χ1n) is 3.84. The van der Waals surface area contributed by atoms with E-state index >= 15 is 0 Å². The maximum Gasteiger partial charge on any atom is 0.166 e. The first-order valence-corrected chi connectivity index (χ1v) is 4.65. The zero-order chi connectivity index (χ0) is 9.10. The number of halogens is 1. The molecule has 2 N–H and O–H groups in total. The molecule has 0 aliphatic rings. The van der Waals surface area contributed by atoms with E-state index in [2.05, 4.69) is 15.2 Å². The Hall–Kier alpha value is -1.04. The zero-order valence-electron chi connectivity index (χ0n) is 7.25. The molecule has 0 fully saturated rings. The van der Waals surface area contributed by atoms with Crippen LogP contribution >= 0.6 is 23.7 Å². The molecule has 4 nitrogen and oxygen atoms in total. The molecule has 0 bridgehead atoms. The van der Waals surface area contributed by atoms with Crippen LogP contribution in [-0.2, 0) is 6.54 Å². The second kappa shape index (κ2) is 4.99. The molecule has 0 aliphatic heterocycles. The van der Waals surface area contributed by atoms with Gasteiger partial charge in [-0.05, 0) is 12.1 Å². The summed E-state index contributed by atoms with van der Waals surface area (Å²) in [5, 5.41) is 9.55. The molecule has 2 rings (SSSR count). The summed E-state index contributed by atoms with van der Waals surface area (Å²) in [6, 6.07) is 5.70. The van der Waals surface area contributed by atoms with E-state index in [9.17, 15) is 0 Å². The quantitative estimate of drug-likeness (QED) is 0.846. The van der Waals surface area contributed by atoms with E-state index in [1.54, 1.807) is 6.20 Å². The van der Waals surface area contributed by atoms with Gasteiger partial charge in [-0.1, -0.05) is 17.4 Å². The van der Waals surface area contributed by atoms with Crippen molar-refractivity contribution in [3.05, 3.63) is 29.4 Å². The summed E-state index contributed by atoms with van der Waals surface area (Å²) >= 11 is 1.48. The van der Waals surface area contributed by atoms with Crippen LogP contribution in [0.5, 0.6) is 0 Å². The van der Waals surface area contributed by atoms with Gasteiger partial charge in [-0.25, -0.2) is 0 Å². The summed E-state index contributed by atoms with van der Waals surface area (Å²) in [5.74, 6) is 0. The molecule has 0 amide bonds. The van der Waals surface area contributed by atoms with Gasteiger partial charge < -0.3 is 5.73 Å². The fourth-order valence-electron chi connectivity index (χ4n) is 0.929. The summed E-state index contributed by atoms with van der Waals surface area (Å²) in [6.45, 7) is 0.435. The minimum absolute atomic E-state index is 0. The maximum absolute atomic E-state index is 5.43. The number of hydrogen-bond acceptors (Lipinski definition) is 5. The van der Waals surface area contributed by atoms with Crippen LogP contribution in [0, 0.1) is 0 Å². The summed E-state index contributed by atoms with van der Waals surface area (Å²) < 4.78 is 0. The van der Waals surface area contributed by atoms with Gasteiger partial charge >= 0.3 is 0 Å². The molecule has 6 heteroatoms. The highest BCUT2D eigenvalue weighted by Gasteiger charge is 2.04. The fraction of sp³-hybridized carbons (Fsp3) is 0.125. The lowest BCUT2D eigenvalue weighted by Crippen LogP contribution is -1.94. The molecular weight excluding hydrogens is 220 g/mol. The van der Waals surface area contributed by atoms with Crippen LogP contribution in [0.2, 0.25) is 0 Å². The molecule has 0 unspecified atom stereocenters. The molecule has 2 aromatic rings. The topological polar surface area (TPSA) is 64.7 Å². The van der Waals surface area contributed by atoms with Crippen molar-refractivity contribution < 1.29 is 0 Å². The smallest absolute Gasteiger partial charge is 0.166 e. The van der Waals surface area contributed by atoms with Crippen molar-refractivity contribution in [2.75, 3.05) is 0 Å². The predicted octanol–water partition coefficient (Wildman–Crippen LogP) is 1.48. The van der Waals surface area contributed by atoms with E-state index in [0.717, 1.165) is 15.7 Å². The molecule has 74 valence electrons. The first kappa shape index (κ1) is 11.0. The molecular formula is C8H9ClN4S. The van der Waals surface area contributed by atoms with Crippen LogP contribution in [0.15, 0.2) is 24.4 Å². The predicted molar refractivity (Wildman–Crippen MR) is 58.3 cm³/mol. The van der Waals surface area contributed by atoms with Gasteiger partial charge in [-0.3, -0.25) is 4.98 Å². The summed E-state index contributed by atoms with van der Waals surface area (Å²) in [7, 11) is 0. The van der Waals surface area contributed by atoms with Crippen molar-refractivity contribution in [3.8, 4) is 10.7 Å². The normalized spacial score (nSPS) is 9.50. The van der Waals surface area contributed by atoms with E-state index in [4.69, 9.17) is 5.73 Å². The van der Waals surface area contributed by atoms with Crippen molar-refractivity contribution >= 4 is 23.7 Å². The minimum atomic E-state index is 0. The highest BCUT2D eigenvalue weighted by atomic mass is 35.5. The second-order valence-corrected chi connectivity index (χ2v) is 3.48. The van der Waals surface area contributed by atoms with E-state index in [0.29, 0.717) is 6.54 Å². The molecule has 0 aromatic carbocycles. The molecule has 2 heterocycles. The van der Waals surface area contributed by atoms with E-state index in [1.165, 1.54) is 11.3 Å². The fourth-order valence-corrected chi connectivity index (χ4v) is 1.62. The molecule has 0 atom stereocenters. The average molecular weight is 229 g/mol. The largest absolute Gasteiger partial charge is 0.324 e. The number of hydrogen-bond donors (Lipinski definition) is 1. The Morgan fingerprint density at radius 2 is 2.14 bits per heavy atom. The molecule has 0 spiro atoms. The summed E-state index contributed by atoms with van der Waals surface area (Å²) in [5.41, 5.74) is 6.28. The Balaban J connectivity index is 0.000000980. The Morgan fingerprint density at radius 3 is 2.71 bits per heavy atom. The van der Waals surface area contributed by atoms with Crippen molar-refractivity contribution in [3.63, 3.8) is 0 Å². The third-order valence-electron chi connectivity index (χ3n) is 1.53. The van der Waals surface area contributed by atoms with Gasteiger partial charge in [0.25, 0.3) is 0 Å². The van der Waals surface area contributed by atoms with Crippen LogP contribution in [0.1, 0.15) is 5.01 Å². The molecule has 0 saturated heterocycles. The summed E-state index contributed by atoms with van der Waals surface area (Å²) in [6.07, 6.45) is 1.73. The van der Waals surface area contributed by atoms with Crippen molar-refractivity contribution in [1.29, 1.82) is 0 Å². The molecule has 0 saturated carbocycles. The number of nitrogens with zero attached hydrogens (tertiary/aromatic N) is 3. The third kappa shape index (κ3) is 2.25. The number of pyridine rings is 1. The van der Waals surface area contributed by atoms with E-state index in [1.807, 2.05) is 18.2 Å². The first-order chi connectivity index (χ1) is 6.40. The van der Waals surface area contributed by atoms with E-state index in [-0.39, 0.29) is 12.4 Å². The molecule has 0 aliphatic carbocycles. The Morgan fingerprint density at radius 1 is 1.29 bits per heavy atom. The Bertz CT molecular complexity index is 389. The van der Waals surface area contributed by atoms with Gasteiger partial charge in [0.05, 0.1) is 0 Å². The zero-order valence-corrected chi connectivity index (χ0v) is 8.88. The van der Waals surface area contributed by atoms with Crippen LogP contribution in [0.25, 0.3) is 10.7 Å². The van der Waals surface area contributed by atoms with Crippen LogP contribution < -0.4 is 5.73 Å². The van der Waals surface area contributed by atoms with Crippen LogP contribution in [-0.4, -0.2) is 15.2 Å². The summed E-state index contributed by atoms with van der Waals surface area (Å²) in [4.78, 5) is 4.16. The lowest BCUT2D eigenvalue weighted by molar-refractivity contribution is 0.958. The molecule has 2 aromatic heterocycles. The minimum Gasteiger partial charge on any atom is -0.324 e. The average Bonchev–Trinajstić information content (AvgIpc) is 2.67.